The molecule has 3 rings (SSSR count). The number of rotatable bonds is 4. The molecular weight excluding hydrogens is 380 g/mol. The van der Waals surface area contributed by atoms with Crippen LogP contribution in [0.4, 0.5) is 11.4 Å². The lowest BCUT2D eigenvalue weighted by Crippen LogP contribution is -2.36. The second-order valence-corrected chi connectivity index (χ2v) is 7.78. The predicted molar refractivity (Wildman–Crippen MR) is 94.4 cm³/mol. The van der Waals surface area contributed by atoms with Crippen LogP contribution in [0, 0.1) is 0 Å². The van der Waals surface area contributed by atoms with E-state index in [0.717, 1.165) is 23.2 Å². The van der Waals surface area contributed by atoms with Crippen LogP contribution in [-0.4, -0.2) is 34.7 Å². The molecule has 0 aromatic heterocycles. The van der Waals surface area contributed by atoms with Gasteiger partial charge in [-0.3, -0.25) is 4.72 Å². The minimum absolute atomic E-state index is 0.243. The normalized spacial score (nSPS) is 15.4. The van der Waals surface area contributed by atoms with E-state index in [9.17, 15) is 8.42 Å². The van der Waals surface area contributed by atoms with Crippen LogP contribution in [0.5, 0.6) is 0 Å². The van der Waals surface area contributed by atoms with Gasteiger partial charge in [0.25, 0.3) is 10.0 Å². The van der Waals surface area contributed by atoms with Gasteiger partial charge in [0, 0.05) is 17.6 Å². The number of nitrogens with zero attached hydrogens (tertiary/aromatic N) is 1. The monoisotopic (exact) mass is 396 g/mol. The maximum absolute atomic E-state index is 12.6. The van der Waals surface area contributed by atoms with Crippen LogP contribution in [0.15, 0.2) is 57.9 Å². The highest BCUT2D eigenvalue weighted by Gasteiger charge is 2.20. The maximum atomic E-state index is 12.6. The lowest BCUT2D eigenvalue weighted by Gasteiger charge is -2.30. The molecule has 0 saturated carbocycles. The van der Waals surface area contributed by atoms with Crippen molar-refractivity contribution in [2.24, 2.45) is 0 Å². The summed E-state index contributed by atoms with van der Waals surface area (Å²) in [6.45, 7) is 2.76. The molecule has 122 valence electrons. The molecule has 2 aromatic carbocycles. The summed E-state index contributed by atoms with van der Waals surface area (Å²) in [5, 5.41) is 0. The largest absolute Gasteiger partial charge is 0.378 e. The highest BCUT2D eigenvalue weighted by molar-refractivity contribution is 9.10. The van der Waals surface area contributed by atoms with Gasteiger partial charge in [0.05, 0.1) is 29.5 Å². The molecule has 0 bridgehead atoms. The standard InChI is InChI=1S/C16H17BrN2O3S/c17-13-6-7-16(19-8-10-22-11-9-19)15(12-13)18-23(20,21)14-4-2-1-3-5-14/h1-7,12,18H,8-11H2. The zero-order chi connectivity index (χ0) is 16.3. The van der Waals surface area contributed by atoms with Crippen LogP contribution in [0.3, 0.4) is 0 Å². The van der Waals surface area contributed by atoms with Gasteiger partial charge in [-0.2, -0.15) is 0 Å². The predicted octanol–water partition coefficient (Wildman–Crippen LogP) is 3.09. The Morgan fingerprint density at radius 2 is 1.74 bits per heavy atom. The molecule has 5 nitrogen and oxygen atoms in total. The molecular formula is C16H17BrN2O3S. The van der Waals surface area contributed by atoms with Crippen molar-refractivity contribution in [1.82, 2.24) is 0 Å². The summed E-state index contributed by atoms with van der Waals surface area (Å²) in [5.41, 5.74) is 1.42. The van der Waals surface area contributed by atoms with Gasteiger partial charge in [-0.05, 0) is 30.3 Å². The molecule has 0 unspecified atom stereocenters. The molecule has 0 aliphatic carbocycles. The summed E-state index contributed by atoms with van der Waals surface area (Å²) < 4.78 is 34.0. The molecule has 0 atom stereocenters. The molecule has 1 heterocycles. The zero-order valence-electron chi connectivity index (χ0n) is 12.4. The number of hydrogen-bond donors (Lipinski definition) is 1. The number of sulfonamides is 1. The Kier molecular flexibility index (Phi) is 4.89. The fourth-order valence-corrected chi connectivity index (χ4v) is 3.92. The third kappa shape index (κ3) is 3.85. The summed E-state index contributed by atoms with van der Waals surface area (Å²) in [6.07, 6.45) is 0. The van der Waals surface area contributed by atoms with Gasteiger partial charge in [-0.25, -0.2) is 8.42 Å². The van der Waals surface area contributed by atoms with E-state index in [-0.39, 0.29) is 4.90 Å². The van der Waals surface area contributed by atoms with Gasteiger partial charge < -0.3 is 9.64 Å². The number of morpholine rings is 1. The third-order valence-corrected chi connectivity index (χ3v) is 5.48. The molecule has 2 aromatic rings. The van der Waals surface area contributed by atoms with Crippen LogP contribution in [0.25, 0.3) is 0 Å². The first kappa shape index (κ1) is 16.3. The summed E-state index contributed by atoms with van der Waals surface area (Å²) >= 11 is 3.41. The van der Waals surface area contributed by atoms with E-state index in [1.165, 1.54) is 0 Å². The second-order valence-electron chi connectivity index (χ2n) is 5.18. The van der Waals surface area contributed by atoms with Crippen LogP contribution in [0.2, 0.25) is 0 Å². The second kappa shape index (κ2) is 6.90. The maximum Gasteiger partial charge on any atom is 0.261 e. The lowest BCUT2D eigenvalue weighted by atomic mass is 10.2. The zero-order valence-corrected chi connectivity index (χ0v) is 14.8. The van der Waals surface area contributed by atoms with E-state index >= 15 is 0 Å². The van der Waals surface area contributed by atoms with Gasteiger partial charge in [0.2, 0.25) is 0 Å². The molecule has 1 saturated heterocycles. The molecule has 0 spiro atoms. The number of ether oxygens (including phenoxy) is 1. The van der Waals surface area contributed by atoms with Crippen LogP contribution >= 0.6 is 15.9 Å². The molecule has 0 radical (unpaired) electrons. The Balaban J connectivity index is 1.94. The Labute approximate surface area is 144 Å². The Morgan fingerprint density at radius 1 is 1.04 bits per heavy atom. The molecule has 23 heavy (non-hydrogen) atoms. The quantitative estimate of drug-likeness (QED) is 0.862. The molecule has 0 amide bonds. The van der Waals surface area contributed by atoms with E-state index in [1.807, 2.05) is 12.1 Å². The van der Waals surface area contributed by atoms with Crippen LogP contribution in [-0.2, 0) is 14.8 Å². The van der Waals surface area contributed by atoms with Crippen LogP contribution < -0.4 is 9.62 Å². The highest BCUT2D eigenvalue weighted by atomic mass is 79.9. The molecule has 1 N–H and O–H groups in total. The van der Waals surface area contributed by atoms with E-state index < -0.39 is 10.0 Å². The van der Waals surface area contributed by atoms with Crippen molar-refractivity contribution in [2.75, 3.05) is 35.9 Å². The Morgan fingerprint density at radius 3 is 2.43 bits per heavy atom. The summed E-state index contributed by atoms with van der Waals surface area (Å²) in [6, 6.07) is 14.0. The van der Waals surface area contributed by atoms with E-state index in [0.29, 0.717) is 18.9 Å². The number of halogens is 1. The Hall–Kier alpha value is -1.57. The number of anilines is 2. The number of benzene rings is 2. The smallest absolute Gasteiger partial charge is 0.261 e. The van der Waals surface area contributed by atoms with Crippen molar-refractivity contribution in [3.63, 3.8) is 0 Å². The molecule has 1 aliphatic heterocycles. The summed E-state index contributed by atoms with van der Waals surface area (Å²) in [7, 11) is -3.62. The first-order valence-electron chi connectivity index (χ1n) is 7.26. The minimum atomic E-state index is -3.62. The minimum Gasteiger partial charge on any atom is -0.378 e. The average Bonchev–Trinajstić information content (AvgIpc) is 2.56. The number of hydrogen-bond acceptors (Lipinski definition) is 4. The first-order valence-corrected chi connectivity index (χ1v) is 9.54. The van der Waals surface area contributed by atoms with Crippen molar-refractivity contribution < 1.29 is 13.2 Å². The summed E-state index contributed by atoms with van der Waals surface area (Å²) in [4.78, 5) is 2.37. The van der Waals surface area contributed by atoms with Crippen LogP contribution in [0.1, 0.15) is 0 Å². The summed E-state index contributed by atoms with van der Waals surface area (Å²) in [5.74, 6) is 0. The molecule has 1 fully saturated rings. The average molecular weight is 397 g/mol. The van der Waals surface area contributed by atoms with Gasteiger partial charge in [0.15, 0.2) is 0 Å². The number of nitrogens with one attached hydrogen (secondary N) is 1. The van der Waals surface area contributed by atoms with Crippen molar-refractivity contribution in [2.45, 2.75) is 4.90 Å². The molecule has 7 heteroatoms. The van der Waals surface area contributed by atoms with Gasteiger partial charge in [0.1, 0.15) is 0 Å². The van der Waals surface area contributed by atoms with Gasteiger partial charge in [-0.15, -0.1) is 0 Å². The Bertz CT molecular complexity index is 775. The van der Waals surface area contributed by atoms with Crippen molar-refractivity contribution in [1.29, 1.82) is 0 Å². The van der Waals surface area contributed by atoms with Crippen molar-refractivity contribution >= 4 is 37.3 Å². The molecule has 1 aliphatic rings. The van der Waals surface area contributed by atoms with Crippen molar-refractivity contribution in [3.05, 3.63) is 53.0 Å². The lowest BCUT2D eigenvalue weighted by molar-refractivity contribution is 0.123. The first-order chi connectivity index (χ1) is 11.1. The fraction of sp³-hybridized carbons (Fsp3) is 0.250. The fourth-order valence-electron chi connectivity index (χ4n) is 2.47. The third-order valence-electron chi connectivity index (χ3n) is 3.61. The van der Waals surface area contributed by atoms with E-state index in [4.69, 9.17) is 4.74 Å². The van der Waals surface area contributed by atoms with Gasteiger partial charge in [-0.1, -0.05) is 34.1 Å². The SMILES string of the molecule is O=S(=O)(Nc1cc(Br)ccc1N1CCOCC1)c1ccccc1. The van der Waals surface area contributed by atoms with E-state index in [1.54, 1.807) is 36.4 Å². The van der Waals surface area contributed by atoms with Gasteiger partial charge >= 0.3 is 0 Å². The topological polar surface area (TPSA) is 58.6 Å². The van der Waals surface area contributed by atoms with Crippen molar-refractivity contribution in [3.8, 4) is 0 Å². The highest BCUT2D eigenvalue weighted by Crippen LogP contribution is 2.31. The van der Waals surface area contributed by atoms with E-state index in [2.05, 4.69) is 25.6 Å².